The minimum Gasteiger partial charge on any atom is -0.373 e. The van der Waals surface area contributed by atoms with Gasteiger partial charge in [-0.15, -0.1) is 0 Å². The maximum Gasteiger partial charge on any atom is 0.155 e. The largest absolute Gasteiger partial charge is 0.373 e. The summed E-state index contributed by atoms with van der Waals surface area (Å²) in [5.41, 5.74) is 0. The molecule has 0 aliphatic heterocycles. The molecule has 2 nitrogen and oxygen atoms in total. The molecule has 0 aromatic carbocycles. The highest BCUT2D eigenvalue weighted by Crippen LogP contribution is 1.96. The number of rotatable bonds is 14. The Hall–Kier alpha value is -1.67. The third kappa shape index (κ3) is 20.3. The third-order valence-electron chi connectivity index (χ3n) is 2.89. The van der Waals surface area contributed by atoms with Gasteiger partial charge in [0.2, 0.25) is 0 Å². The second-order valence-corrected chi connectivity index (χ2v) is 5.25. The molecule has 0 spiro atoms. The van der Waals surface area contributed by atoms with Crippen molar-refractivity contribution in [1.29, 1.82) is 0 Å². The van der Waals surface area contributed by atoms with E-state index in [1.807, 2.05) is 0 Å². The first-order chi connectivity index (χ1) is 11.3. The number of hydrogen-bond acceptors (Lipinski definition) is 2. The van der Waals surface area contributed by atoms with Crippen LogP contribution in [0.1, 0.15) is 52.4 Å². The van der Waals surface area contributed by atoms with E-state index in [1.54, 1.807) is 0 Å². The van der Waals surface area contributed by atoms with Crippen molar-refractivity contribution < 1.29 is 9.53 Å². The van der Waals surface area contributed by atoms with Gasteiger partial charge in [-0.25, -0.2) is 0 Å². The summed E-state index contributed by atoms with van der Waals surface area (Å²) in [5.74, 6) is 0.0776. The van der Waals surface area contributed by atoms with Crippen LogP contribution < -0.4 is 0 Å². The lowest BCUT2D eigenvalue weighted by atomic mass is 10.2. The molecule has 0 rings (SSSR count). The number of ketones is 1. The minimum absolute atomic E-state index is 0.0776. The van der Waals surface area contributed by atoms with Gasteiger partial charge < -0.3 is 4.74 Å². The summed E-state index contributed by atoms with van der Waals surface area (Å²) >= 11 is 0. The Morgan fingerprint density at radius 2 is 1.17 bits per heavy atom. The predicted molar refractivity (Wildman–Crippen MR) is 101 cm³/mol. The zero-order valence-electron chi connectivity index (χ0n) is 14.7. The Bertz CT molecular complexity index is 412. The normalized spacial score (nSPS) is 12.8. The molecule has 0 heterocycles. The SMILES string of the molecule is CC/C=C\C/C=C\C/C=C\C/C=C\C/C=C\CCOCC(C)=O. The van der Waals surface area contributed by atoms with Crippen LogP contribution in [0.3, 0.4) is 0 Å². The third-order valence-corrected chi connectivity index (χ3v) is 2.89. The smallest absolute Gasteiger partial charge is 0.155 e. The molecule has 0 fully saturated rings. The van der Waals surface area contributed by atoms with E-state index in [0.29, 0.717) is 6.61 Å². The van der Waals surface area contributed by atoms with Crippen LogP contribution in [0.25, 0.3) is 0 Å². The van der Waals surface area contributed by atoms with E-state index in [0.717, 1.165) is 38.5 Å². The molecule has 128 valence electrons. The van der Waals surface area contributed by atoms with Gasteiger partial charge in [0.05, 0.1) is 6.61 Å². The molecular formula is C21H32O2. The molecule has 0 aliphatic rings. The molecule has 0 saturated heterocycles. The average molecular weight is 316 g/mol. The van der Waals surface area contributed by atoms with E-state index in [4.69, 9.17) is 4.74 Å². The van der Waals surface area contributed by atoms with Crippen molar-refractivity contribution in [3.8, 4) is 0 Å². The van der Waals surface area contributed by atoms with Crippen molar-refractivity contribution in [3.05, 3.63) is 60.8 Å². The molecule has 0 atom stereocenters. The summed E-state index contributed by atoms with van der Waals surface area (Å²) in [6.45, 7) is 4.53. The lowest BCUT2D eigenvalue weighted by Gasteiger charge is -1.96. The molecule has 0 amide bonds. The van der Waals surface area contributed by atoms with Crippen molar-refractivity contribution in [2.75, 3.05) is 13.2 Å². The molecule has 0 bridgehead atoms. The highest BCUT2D eigenvalue weighted by molar-refractivity contribution is 5.76. The topological polar surface area (TPSA) is 26.3 Å². The quantitative estimate of drug-likeness (QED) is 0.302. The van der Waals surface area contributed by atoms with Crippen molar-refractivity contribution in [2.24, 2.45) is 0 Å². The monoisotopic (exact) mass is 316 g/mol. The van der Waals surface area contributed by atoms with Gasteiger partial charge in [0.1, 0.15) is 6.61 Å². The van der Waals surface area contributed by atoms with E-state index < -0.39 is 0 Å². The number of carbonyl (C=O) groups excluding carboxylic acids is 1. The first kappa shape index (κ1) is 21.3. The van der Waals surface area contributed by atoms with Gasteiger partial charge in [-0.3, -0.25) is 4.79 Å². The van der Waals surface area contributed by atoms with Crippen LogP contribution in [0.2, 0.25) is 0 Å². The molecule has 0 aromatic heterocycles. The molecular weight excluding hydrogens is 284 g/mol. The van der Waals surface area contributed by atoms with Gasteiger partial charge in [0, 0.05) is 0 Å². The Kier molecular flexibility index (Phi) is 17.0. The predicted octanol–water partition coefficient (Wildman–Crippen LogP) is 5.73. The molecule has 0 N–H and O–H groups in total. The van der Waals surface area contributed by atoms with Crippen LogP contribution in [-0.2, 0) is 9.53 Å². The molecule has 0 aliphatic carbocycles. The fourth-order valence-electron chi connectivity index (χ4n) is 1.74. The van der Waals surface area contributed by atoms with Gasteiger partial charge in [0.25, 0.3) is 0 Å². The van der Waals surface area contributed by atoms with Gasteiger partial charge in [-0.1, -0.05) is 67.7 Å². The molecule has 2 heteroatoms. The Morgan fingerprint density at radius 1 is 0.739 bits per heavy atom. The molecule has 0 aromatic rings. The van der Waals surface area contributed by atoms with E-state index >= 15 is 0 Å². The molecule has 23 heavy (non-hydrogen) atoms. The van der Waals surface area contributed by atoms with Crippen molar-refractivity contribution in [2.45, 2.75) is 52.4 Å². The molecule has 0 saturated carbocycles. The van der Waals surface area contributed by atoms with Crippen LogP contribution in [0.4, 0.5) is 0 Å². The first-order valence-corrected chi connectivity index (χ1v) is 8.59. The number of Topliss-reactive ketones (excluding diaryl/α,β-unsaturated/α-hetero) is 1. The average Bonchev–Trinajstić information content (AvgIpc) is 2.53. The van der Waals surface area contributed by atoms with E-state index in [2.05, 4.69) is 67.7 Å². The number of hydrogen-bond donors (Lipinski definition) is 0. The standard InChI is InChI=1S/C21H32O2/c1-3-4-5-6-7-8-9-10-11-12-13-14-15-16-17-18-19-23-20-21(2)22/h4-5,7-8,10-11,13-14,16-17H,3,6,9,12,15,18-20H2,1-2H3/b5-4-,8-7-,11-10-,14-13-,17-16-. The Morgan fingerprint density at radius 3 is 1.61 bits per heavy atom. The van der Waals surface area contributed by atoms with Crippen LogP contribution >= 0.6 is 0 Å². The van der Waals surface area contributed by atoms with E-state index in [-0.39, 0.29) is 12.4 Å². The van der Waals surface area contributed by atoms with Gasteiger partial charge in [-0.2, -0.15) is 0 Å². The van der Waals surface area contributed by atoms with Crippen LogP contribution in [-0.4, -0.2) is 19.0 Å². The minimum atomic E-state index is 0.0776. The second kappa shape index (κ2) is 18.4. The summed E-state index contributed by atoms with van der Waals surface area (Å²) in [4.78, 5) is 10.7. The maximum absolute atomic E-state index is 10.7. The lowest BCUT2D eigenvalue weighted by molar-refractivity contribution is -0.121. The summed E-state index contributed by atoms with van der Waals surface area (Å²) in [5, 5.41) is 0. The van der Waals surface area contributed by atoms with Crippen LogP contribution in [0.5, 0.6) is 0 Å². The summed E-state index contributed by atoms with van der Waals surface area (Å²) in [6, 6.07) is 0. The van der Waals surface area contributed by atoms with Crippen LogP contribution in [0.15, 0.2) is 60.8 Å². The number of carbonyl (C=O) groups is 1. The zero-order valence-corrected chi connectivity index (χ0v) is 14.7. The van der Waals surface area contributed by atoms with Crippen molar-refractivity contribution in [1.82, 2.24) is 0 Å². The van der Waals surface area contributed by atoms with Crippen molar-refractivity contribution >= 4 is 5.78 Å². The van der Waals surface area contributed by atoms with E-state index in [1.165, 1.54) is 6.92 Å². The van der Waals surface area contributed by atoms with Gasteiger partial charge >= 0.3 is 0 Å². The fraction of sp³-hybridized carbons (Fsp3) is 0.476. The molecule has 0 unspecified atom stereocenters. The highest BCUT2D eigenvalue weighted by atomic mass is 16.5. The summed E-state index contributed by atoms with van der Waals surface area (Å²) < 4.78 is 5.18. The summed E-state index contributed by atoms with van der Waals surface area (Å²) in [6.07, 6.45) is 27.7. The Balaban J connectivity index is 3.44. The van der Waals surface area contributed by atoms with Gasteiger partial charge in [-0.05, 0) is 45.4 Å². The Labute approximate surface area is 142 Å². The van der Waals surface area contributed by atoms with Gasteiger partial charge in [0.15, 0.2) is 5.78 Å². The first-order valence-electron chi connectivity index (χ1n) is 8.59. The van der Waals surface area contributed by atoms with Crippen LogP contribution in [0, 0.1) is 0 Å². The second-order valence-electron chi connectivity index (χ2n) is 5.25. The maximum atomic E-state index is 10.7. The summed E-state index contributed by atoms with van der Waals surface area (Å²) in [7, 11) is 0. The van der Waals surface area contributed by atoms with E-state index in [9.17, 15) is 4.79 Å². The zero-order chi connectivity index (χ0) is 17.0. The van der Waals surface area contributed by atoms with Crippen molar-refractivity contribution in [3.63, 3.8) is 0 Å². The fourth-order valence-corrected chi connectivity index (χ4v) is 1.74. The highest BCUT2D eigenvalue weighted by Gasteiger charge is 1.90. The molecule has 0 radical (unpaired) electrons. The number of ether oxygens (including phenoxy) is 1. The lowest BCUT2D eigenvalue weighted by Crippen LogP contribution is -2.04. The number of allylic oxidation sites excluding steroid dienone is 9.